The zero-order chi connectivity index (χ0) is 15.1. The van der Waals surface area contributed by atoms with E-state index in [9.17, 15) is 0 Å². The largest absolute Gasteiger partial charge is 0.493 e. The number of benzene rings is 1. The van der Waals surface area contributed by atoms with Gasteiger partial charge in [0.25, 0.3) is 0 Å². The van der Waals surface area contributed by atoms with E-state index in [-0.39, 0.29) is 0 Å². The highest BCUT2D eigenvalue weighted by atomic mass is 16.5. The van der Waals surface area contributed by atoms with Crippen LogP contribution in [0.15, 0.2) is 36.5 Å². The first-order valence-corrected chi connectivity index (χ1v) is 7.25. The molecular formula is C17H22N2O2. The second-order valence-electron chi connectivity index (χ2n) is 4.71. The molecule has 0 saturated heterocycles. The summed E-state index contributed by atoms with van der Waals surface area (Å²) in [4.78, 5) is 4.33. The fourth-order valence-electron chi connectivity index (χ4n) is 2.01. The quantitative estimate of drug-likeness (QED) is 0.843. The maximum Gasteiger partial charge on any atom is 0.161 e. The van der Waals surface area contributed by atoms with Gasteiger partial charge in [0.1, 0.15) is 12.4 Å². The van der Waals surface area contributed by atoms with E-state index in [1.165, 1.54) is 5.56 Å². The monoisotopic (exact) mass is 286 g/mol. The van der Waals surface area contributed by atoms with E-state index in [0.29, 0.717) is 6.61 Å². The Labute approximate surface area is 126 Å². The van der Waals surface area contributed by atoms with Crippen LogP contribution >= 0.6 is 0 Å². The third-order valence-corrected chi connectivity index (χ3v) is 3.21. The molecule has 0 unspecified atom stereocenters. The minimum Gasteiger partial charge on any atom is -0.493 e. The first-order valence-electron chi connectivity index (χ1n) is 7.25. The lowest BCUT2D eigenvalue weighted by Crippen LogP contribution is -2.01. The zero-order valence-corrected chi connectivity index (χ0v) is 12.8. The summed E-state index contributed by atoms with van der Waals surface area (Å²) >= 11 is 0. The maximum absolute atomic E-state index is 5.83. The average Bonchev–Trinajstić information content (AvgIpc) is 2.54. The van der Waals surface area contributed by atoms with Crippen LogP contribution in [0.3, 0.4) is 0 Å². The van der Waals surface area contributed by atoms with Crippen LogP contribution < -0.4 is 14.8 Å². The molecule has 21 heavy (non-hydrogen) atoms. The number of pyridine rings is 1. The van der Waals surface area contributed by atoms with E-state index in [4.69, 9.17) is 9.47 Å². The summed E-state index contributed by atoms with van der Waals surface area (Å²) < 4.78 is 11.2. The van der Waals surface area contributed by atoms with Crippen molar-refractivity contribution in [3.05, 3.63) is 47.7 Å². The van der Waals surface area contributed by atoms with Crippen LogP contribution in [0.4, 0.5) is 5.82 Å². The standard InChI is InChI=1S/C17H22N2O2/c1-4-13-6-8-15(16(10-13)20-3)21-12-14-7-9-17(18-5-2)19-11-14/h6-11H,4-5,12H2,1-3H3,(H,18,19). The third kappa shape index (κ3) is 4.12. The molecule has 4 nitrogen and oxygen atoms in total. The molecule has 1 aromatic heterocycles. The number of hydrogen-bond donors (Lipinski definition) is 1. The highest BCUT2D eigenvalue weighted by Gasteiger charge is 2.06. The van der Waals surface area contributed by atoms with Crippen LogP contribution in [0.2, 0.25) is 0 Å². The number of ether oxygens (including phenoxy) is 2. The molecule has 2 aromatic rings. The minimum atomic E-state index is 0.473. The summed E-state index contributed by atoms with van der Waals surface area (Å²) in [6.45, 7) is 5.50. The van der Waals surface area contributed by atoms with Gasteiger partial charge in [-0.05, 0) is 37.1 Å². The number of methoxy groups -OCH3 is 1. The molecule has 0 atom stereocenters. The van der Waals surface area contributed by atoms with Crippen molar-refractivity contribution in [2.24, 2.45) is 0 Å². The second-order valence-corrected chi connectivity index (χ2v) is 4.71. The van der Waals surface area contributed by atoms with E-state index < -0.39 is 0 Å². The Balaban J connectivity index is 2.02. The van der Waals surface area contributed by atoms with Crippen LogP contribution in [-0.2, 0) is 13.0 Å². The topological polar surface area (TPSA) is 43.4 Å². The molecule has 2 rings (SSSR count). The number of aromatic nitrogens is 1. The summed E-state index contributed by atoms with van der Waals surface area (Å²) in [5.74, 6) is 2.41. The molecule has 0 aliphatic rings. The van der Waals surface area contributed by atoms with Gasteiger partial charge < -0.3 is 14.8 Å². The molecule has 1 N–H and O–H groups in total. The summed E-state index contributed by atoms with van der Waals surface area (Å²) in [6.07, 6.45) is 2.80. The van der Waals surface area contributed by atoms with Crippen molar-refractivity contribution >= 4 is 5.82 Å². The van der Waals surface area contributed by atoms with Gasteiger partial charge in [0.2, 0.25) is 0 Å². The summed E-state index contributed by atoms with van der Waals surface area (Å²) in [5, 5.41) is 3.17. The molecule has 112 valence electrons. The molecule has 0 bridgehead atoms. The number of hydrogen-bond acceptors (Lipinski definition) is 4. The van der Waals surface area contributed by atoms with Gasteiger partial charge in [-0.15, -0.1) is 0 Å². The number of nitrogens with one attached hydrogen (secondary N) is 1. The van der Waals surface area contributed by atoms with Gasteiger partial charge in [-0.3, -0.25) is 0 Å². The Bertz CT molecular complexity index is 568. The van der Waals surface area contributed by atoms with Crippen molar-refractivity contribution in [1.82, 2.24) is 4.98 Å². The summed E-state index contributed by atoms with van der Waals surface area (Å²) in [7, 11) is 1.66. The first kappa shape index (κ1) is 15.2. The highest BCUT2D eigenvalue weighted by Crippen LogP contribution is 2.29. The molecule has 0 amide bonds. The number of aryl methyl sites for hydroxylation is 1. The minimum absolute atomic E-state index is 0.473. The van der Waals surface area contributed by atoms with Gasteiger partial charge in [0, 0.05) is 18.3 Å². The van der Waals surface area contributed by atoms with E-state index in [1.54, 1.807) is 7.11 Å². The van der Waals surface area contributed by atoms with Crippen molar-refractivity contribution in [3.8, 4) is 11.5 Å². The van der Waals surface area contributed by atoms with Crippen LogP contribution in [0.25, 0.3) is 0 Å². The summed E-state index contributed by atoms with van der Waals surface area (Å²) in [5.41, 5.74) is 2.26. The van der Waals surface area contributed by atoms with Crippen LogP contribution in [-0.4, -0.2) is 18.6 Å². The summed E-state index contributed by atoms with van der Waals surface area (Å²) in [6, 6.07) is 10.0. The Morgan fingerprint density at radius 3 is 2.48 bits per heavy atom. The van der Waals surface area contributed by atoms with Gasteiger partial charge in [-0.25, -0.2) is 4.98 Å². The van der Waals surface area contributed by atoms with Crippen molar-refractivity contribution in [2.45, 2.75) is 26.9 Å². The molecule has 1 aromatic carbocycles. The van der Waals surface area contributed by atoms with Crippen molar-refractivity contribution in [3.63, 3.8) is 0 Å². The molecule has 1 heterocycles. The molecule has 0 spiro atoms. The highest BCUT2D eigenvalue weighted by molar-refractivity contribution is 5.43. The lowest BCUT2D eigenvalue weighted by molar-refractivity contribution is 0.284. The SMILES string of the molecule is CCNc1ccc(COc2ccc(CC)cc2OC)cn1. The predicted octanol–water partition coefficient (Wildman–Crippen LogP) is 3.66. The smallest absolute Gasteiger partial charge is 0.161 e. The lowest BCUT2D eigenvalue weighted by atomic mass is 10.1. The van der Waals surface area contributed by atoms with Gasteiger partial charge in [-0.1, -0.05) is 19.1 Å². The van der Waals surface area contributed by atoms with Crippen molar-refractivity contribution in [1.29, 1.82) is 0 Å². The van der Waals surface area contributed by atoms with Gasteiger partial charge in [-0.2, -0.15) is 0 Å². The van der Waals surface area contributed by atoms with Crippen LogP contribution in [0.1, 0.15) is 25.0 Å². The fraction of sp³-hybridized carbons (Fsp3) is 0.353. The molecule has 4 heteroatoms. The van der Waals surface area contributed by atoms with Gasteiger partial charge in [0.05, 0.1) is 7.11 Å². The Morgan fingerprint density at radius 2 is 1.86 bits per heavy atom. The van der Waals surface area contributed by atoms with Gasteiger partial charge in [0.15, 0.2) is 11.5 Å². The Hall–Kier alpha value is -2.23. The van der Waals surface area contributed by atoms with E-state index in [1.807, 2.05) is 37.4 Å². The van der Waals surface area contributed by atoms with Crippen LogP contribution in [0, 0.1) is 0 Å². The van der Waals surface area contributed by atoms with Crippen molar-refractivity contribution in [2.75, 3.05) is 19.0 Å². The molecule has 0 aliphatic carbocycles. The first-order chi connectivity index (χ1) is 10.3. The van der Waals surface area contributed by atoms with E-state index >= 15 is 0 Å². The van der Waals surface area contributed by atoms with E-state index in [2.05, 4.69) is 23.3 Å². The zero-order valence-electron chi connectivity index (χ0n) is 12.8. The van der Waals surface area contributed by atoms with E-state index in [0.717, 1.165) is 35.8 Å². The Morgan fingerprint density at radius 1 is 1.05 bits per heavy atom. The molecular weight excluding hydrogens is 264 g/mol. The second kappa shape index (κ2) is 7.53. The third-order valence-electron chi connectivity index (χ3n) is 3.21. The van der Waals surface area contributed by atoms with Crippen molar-refractivity contribution < 1.29 is 9.47 Å². The molecule has 0 saturated carbocycles. The fourth-order valence-corrected chi connectivity index (χ4v) is 2.01. The normalized spacial score (nSPS) is 10.2. The molecule has 0 aliphatic heterocycles. The van der Waals surface area contributed by atoms with Crippen LogP contribution in [0.5, 0.6) is 11.5 Å². The Kier molecular flexibility index (Phi) is 5.43. The number of anilines is 1. The predicted molar refractivity (Wildman–Crippen MR) is 85.1 cm³/mol. The molecule has 0 radical (unpaired) electrons. The van der Waals surface area contributed by atoms with Gasteiger partial charge >= 0.3 is 0 Å². The number of nitrogens with zero attached hydrogens (tertiary/aromatic N) is 1. The maximum atomic E-state index is 5.83. The average molecular weight is 286 g/mol. The number of rotatable bonds is 7. The molecule has 0 fully saturated rings. The lowest BCUT2D eigenvalue weighted by Gasteiger charge is -2.12.